The van der Waals surface area contributed by atoms with E-state index in [9.17, 15) is 5.26 Å². The van der Waals surface area contributed by atoms with E-state index in [1.54, 1.807) is 21.3 Å². The molecule has 3 aromatic carbocycles. The zero-order chi connectivity index (χ0) is 24.5. The molecule has 0 amide bonds. The highest BCUT2D eigenvalue weighted by molar-refractivity contribution is 5.78. The zero-order valence-electron chi connectivity index (χ0n) is 19.6. The van der Waals surface area contributed by atoms with E-state index >= 15 is 0 Å². The SMILES string of the molecule is COc1cccc(-c2cc(C3C(C#N)=C(N)OC4=C3COc3ccc(OC)cc34)ccc2OC)c1. The van der Waals surface area contributed by atoms with Crippen molar-refractivity contribution in [1.29, 1.82) is 5.26 Å². The summed E-state index contributed by atoms with van der Waals surface area (Å²) in [6.45, 7) is 0.262. The summed E-state index contributed by atoms with van der Waals surface area (Å²) in [6, 6.07) is 21.4. The van der Waals surface area contributed by atoms with Crippen molar-refractivity contribution in [3.8, 4) is 40.2 Å². The van der Waals surface area contributed by atoms with Crippen LogP contribution in [0.3, 0.4) is 0 Å². The Kier molecular flexibility index (Phi) is 5.71. The maximum Gasteiger partial charge on any atom is 0.205 e. The van der Waals surface area contributed by atoms with Crippen LogP contribution in [0.2, 0.25) is 0 Å². The molecule has 0 fully saturated rings. The molecule has 5 rings (SSSR count). The molecule has 0 saturated heterocycles. The molecule has 7 nitrogen and oxygen atoms in total. The lowest BCUT2D eigenvalue weighted by Gasteiger charge is -2.33. The van der Waals surface area contributed by atoms with Crippen molar-refractivity contribution in [1.82, 2.24) is 0 Å². The highest BCUT2D eigenvalue weighted by Crippen LogP contribution is 2.48. The number of nitrogens with two attached hydrogens (primary N) is 1. The summed E-state index contributed by atoms with van der Waals surface area (Å²) in [4.78, 5) is 0. The predicted octanol–water partition coefficient (Wildman–Crippen LogP) is 4.99. The van der Waals surface area contributed by atoms with Crippen LogP contribution in [0.15, 0.2) is 77.7 Å². The van der Waals surface area contributed by atoms with Gasteiger partial charge < -0.3 is 29.4 Å². The summed E-state index contributed by atoms with van der Waals surface area (Å²) in [5, 5.41) is 10.0. The van der Waals surface area contributed by atoms with Crippen LogP contribution < -0.4 is 24.7 Å². The van der Waals surface area contributed by atoms with Crippen molar-refractivity contribution in [2.24, 2.45) is 5.73 Å². The van der Waals surface area contributed by atoms with Crippen LogP contribution in [-0.4, -0.2) is 27.9 Å². The molecular formula is C28H24N2O5. The summed E-state index contributed by atoms with van der Waals surface area (Å²) in [6.07, 6.45) is 0. The van der Waals surface area contributed by atoms with Gasteiger partial charge in [-0.1, -0.05) is 18.2 Å². The number of nitrogens with zero attached hydrogens (tertiary/aromatic N) is 1. The number of hydrogen-bond donors (Lipinski definition) is 1. The first-order valence-corrected chi connectivity index (χ1v) is 11.0. The molecule has 2 aliphatic rings. The van der Waals surface area contributed by atoms with E-state index in [1.165, 1.54) is 0 Å². The van der Waals surface area contributed by atoms with E-state index in [2.05, 4.69) is 6.07 Å². The Hall–Kier alpha value is -4.57. The van der Waals surface area contributed by atoms with Gasteiger partial charge in [0.1, 0.15) is 47.0 Å². The summed E-state index contributed by atoms with van der Waals surface area (Å²) in [7, 11) is 4.86. The molecule has 35 heavy (non-hydrogen) atoms. The van der Waals surface area contributed by atoms with Crippen molar-refractivity contribution in [3.05, 3.63) is 88.8 Å². The molecule has 0 aliphatic carbocycles. The number of benzene rings is 3. The fraction of sp³-hybridized carbons (Fsp3) is 0.179. The topological polar surface area (TPSA) is 96.0 Å². The minimum absolute atomic E-state index is 0.0747. The average Bonchev–Trinajstić information content (AvgIpc) is 2.91. The Labute approximate surface area is 203 Å². The van der Waals surface area contributed by atoms with Gasteiger partial charge in [-0.25, -0.2) is 0 Å². The normalized spacial score (nSPS) is 16.3. The Morgan fingerprint density at radius 3 is 2.46 bits per heavy atom. The summed E-state index contributed by atoms with van der Waals surface area (Å²) in [5.41, 5.74) is 10.8. The Balaban J connectivity index is 1.69. The van der Waals surface area contributed by atoms with Crippen LogP contribution >= 0.6 is 0 Å². The standard InChI is InChI=1S/C28H24N2O5/c1-31-18-6-4-5-16(11-18)20-12-17(7-9-24(20)33-3)26-22(14-29)28(30)35-27-21-13-19(32-2)8-10-25(21)34-15-23(26)27/h4-13,26H,15,30H2,1-3H3. The Bertz CT molecular complexity index is 1420. The van der Waals surface area contributed by atoms with E-state index in [1.807, 2.05) is 60.7 Å². The molecule has 0 saturated carbocycles. The van der Waals surface area contributed by atoms with Crippen LogP contribution in [0.5, 0.6) is 23.0 Å². The number of nitriles is 1. The highest BCUT2D eigenvalue weighted by Gasteiger charge is 2.37. The maximum absolute atomic E-state index is 10.0. The molecule has 0 spiro atoms. The lowest BCUT2D eigenvalue weighted by molar-refractivity contribution is 0.293. The van der Waals surface area contributed by atoms with Crippen LogP contribution in [0.1, 0.15) is 17.0 Å². The van der Waals surface area contributed by atoms with Gasteiger partial charge in [0.25, 0.3) is 0 Å². The number of ether oxygens (including phenoxy) is 5. The first-order chi connectivity index (χ1) is 17.1. The molecule has 2 heterocycles. The zero-order valence-corrected chi connectivity index (χ0v) is 19.6. The van der Waals surface area contributed by atoms with E-state index in [0.717, 1.165) is 33.6 Å². The van der Waals surface area contributed by atoms with Gasteiger partial charge in [0, 0.05) is 11.1 Å². The fourth-order valence-corrected chi connectivity index (χ4v) is 4.56. The first kappa shape index (κ1) is 22.2. The van der Waals surface area contributed by atoms with Gasteiger partial charge in [0.2, 0.25) is 5.88 Å². The number of fused-ring (bicyclic) bond motifs is 2. The largest absolute Gasteiger partial charge is 0.497 e. The second kappa shape index (κ2) is 8.99. The van der Waals surface area contributed by atoms with E-state index in [4.69, 9.17) is 29.4 Å². The highest BCUT2D eigenvalue weighted by atomic mass is 16.5. The van der Waals surface area contributed by atoms with E-state index < -0.39 is 5.92 Å². The lowest BCUT2D eigenvalue weighted by atomic mass is 9.80. The number of rotatable bonds is 5. The first-order valence-electron chi connectivity index (χ1n) is 11.0. The molecule has 7 heteroatoms. The molecule has 2 N–H and O–H groups in total. The molecule has 2 aliphatic heterocycles. The Morgan fingerprint density at radius 1 is 0.914 bits per heavy atom. The minimum atomic E-state index is -0.446. The predicted molar refractivity (Wildman–Crippen MR) is 131 cm³/mol. The van der Waals surface area contributed by atoms with E-state index in [-0.39, 0.29) is 12.5 Å². The maximum atomic E-state index is 10.0. The van der Waals surface area contributed by atoms with Crippen molar-refractivity contribution >= 4 is 5.76 Å². The van der Waals surface area contributed by atoms with Crippen LogP contribution in [0.4, 0.5) is 0 Å². The minimum Gasteiger partial charge on any atom is -0.497 e. The van der Waals surface area contributed by atoms with Gasteiger partial charge in [-0.05, 0) is 53.6 Å². The van der Waals surface area contributed by atoms with Crippen LogP contribution in [-0.2, 0) is 4.74 Å². The average molecular weight is 469 g/mol. The molecule has 0 radical (unpaired) electrons. The molecule has 0 bridgehead atoms. The summed E-state index contributed by atoms with van der Waals surface area (Å²) < 4.78 is 28.5. The van der Waals surface area contributed by atoms with Gasteiger partial charge >= 0.3 is 0 Å². The fourth-order valence-electron chi connectivity index (χ4n) is 4.56. The Morgan fingerprint density at radius 2 is 1.71 bits per heavy atom. The van der Waals surface area contributed by atoms with Gasteiger partial charge in [0.15, 0.2) is 0 Å². The van der Waals surface area contributed by atoms with Crippen molar-refractivity contribution in [2.75, 3.05) is 27.9 Å². The van der Waals surface area contributed by atoms with Gasteiger partial charge in [-0.2, -0.15) is 5.26 Å². The van der Waals surface area contributed by atoms with E-state index in [0.29, 0.717) is 28.6 Å². The third-order valence-corrected chi connectivity index (χ3v) is 6.28. The van der Waals surface area contributed by atoms with Crippen molar-refractivity contribution in [3.63, 3.8) is 0 Å². The van der Waals surface area contributed by atoms with Crippen LogP contribution in [0.25, 0.3) is 16.9 Å². The monoisotopic (exact) mass is 468 g/mol. The van der Waals surface area contributed by atoms with Gasteiger partial charge in [-0.15, -0.1) is 0 Å². The van der Waals surface area contributed by atoms with Crippen molar-refractivity contribution in [2.45, 2.75) is 5.92 Å². The lowest BCUT2D eigenvalue weighted by Crippen LogP contribution is -2.26. The molecule has 176 valence electrons. The second-order valence-corrected chi connectivity index (χ2v) is 8.12. The molecule has 3 aromatic rings. The molecule has 0 aromatic heterocycles. The molecule has 1 unspecified atom stereocenters. The van der Waals surface area contributed by atoms with Crippen molar-refractivity contribution < 1.29 is 23.7 Å². The third-order valence-electron chi connectivity index (χ3n) is 6.28. The van der Waals surface area contributed by atoms with Crippen LogP contribution in [0, 0.1) is 11.3 Å². The molecule has 1 atom stereocenters. The number of allylic oxidation sites excluding steroid dienone is 1. The number of hydrogen-bond acceptors (Lipinski definition) is 7. The molecular weight excluding hydrogens is 444 g/mol. The second-order valence-electron chi connectivity index (χ2n) is 8.12. The quantitative estimate of drug-likeness (QED) is 0.563. The smallest absolute Gasteiger partial charge is 0.205 e. The van der Waals surface area contributed by atoms with Gasteiger partial charge in [-0.3, -0.25) is 0 Å². The van der Waals surface area contributed by atoms with Gasteiger partial charge in [0.05, 0.1) is 32.8 Å². The number of methoxy groups -OCH3 is 3. The summed E-state index contributed by atoms with van der Waals surface area (Å²) in [5.74, 6) is 2.99. The summed E-state index contributed by atoms with van der Waals surface area (Å²) >= 11 is 0. The third kappa shape index (κ3) is 3.79.